The Morgan fingerprint density at radius 2 is 1.98 bits per heavy atom. The second kappa shape index (κ2) is 12.0. The predicted octanol–water partition coefficient (Wildman–Crippen LogP) is 5.76. The van der Waals surface area contributed by atoms with Crippen molar-refractivity contribution in [1.82, 2.24) is 30.5 Å². The van der Waals surface area contributed by atoms with Gasteiger partial charge in [-0.2, -0.15) is 5.10 Å². The van der Waals surface area contributed by atoms with E-state index >= 15 is 0 Å². The van der Waals surface area contributed by atoms with Gasteiger partial charge in [0, 0.05) is 34.3 Å². The van der Waals surface area contributed by atoms with Crippen molar-refractivity contribution in [2.24, 2.45) is 5.92 Å². The van der Waals surface area contributed by atoms with Crippen LogP contribution < -0.4 is 21.2 Å². The molecule has 0 radical (unpaired) electrons. The van der Waals surface area contributed by atoms with Crippen LogP contribution in [0.2, 0.25) is 0 Å². The summed E-state index contributed by atoms with van der Waals surface area (Å²) in [6.45, 7) is 12.7. The topological polar surface area (TPSA) is 94.3 Å². The van der Waals surface area contributed by atoms with Gasteiger partial charge in [-0.15, -0.1) is 0 Å². The summed E-state index contributed by atoms with van der Waals surface area (Å²) in [7, 11) is 0. The van der Waals surface area contributed by atoms with E-state index in [9.17, 15) is 4.39 Å². The number of piperidine rings is 1. The smallest absolute Gasteiger partial charge is 0.138 e. The van der Waals surface area contributed by atoms with E-state index in [2.05, 4.69) is 48.9 Å². The standard InChI is InChI=1S/C34H34FN7/c1-4-31-30(14-21(2)25-17-27(20-37-19-25)39-22(3)15-23-8-11-36-12-9-23)33(42-41-31)32-18-29-28(10-13-38-34(29)40-32)24-6-5-7-26(35)16-24/h4-7,10,13-14,16-20,23,36,39,41H,2-3,8-9,11-12,15H2,1H3,(H,38,40)/b30-14+,31-4+. The van der Waals surface area contributed by atoms with Crippen LogP contribution in [-0.4, -0.2) is 38.2 Å². The molecule has 1 fully saturated rings. The average molecular weight is 560 g/mol. The normalized spacial score (nSPS) is 14.9. The molecule has 6 rings (SSSR count). The molecule has 1 aliphatic heterocycles. The van der Waals surface area contributed by atoms with Crippen molar-refractivity contribution < 1.29 is 4.39 Å². The Balaban J connectivity index is 1.31. The van der Waals surface area contributed by atoms with Gasteiger partial charge in [0.05, 0.1) is 22.9 Å². The number of pyridine rings is 2. The van der Waals surface area contributed by atoms with Gasteiger partial charge in [0.15, 0.2) is 0 Å². The van der Waals surface area contributed by atoms with Gasteiger partial charge in [0.1, 0.15) is 17.2 Å². The number of hydrogen-bond donors (Lipinski definition) is 4. The van der Waals surface area contributed by atoms with Crippen LogP contribution in [-0.2, 0) is 0 Å². The first-order chi connectivity index (χ1) is 20.5. The quantitative estimate of drug-likeness (QED) is 0.194. The molecule has 0 unspecified atom stereocenters. The van der Waals surface area contributed by atoms with Gasteiger partial charge in [-0.05, 0) is 98.3 Å². The van der Waals surface area contributed by atoms with E-state index in [0.29, 0.717) is 11.6 Å². The zero-order valence-electron chi connectivity index (χ0n) is 23.7. The number of aromatic amines is 2. The van der Waals surface area contributed by atoms with Crippen LogP contribution in [0.1, 0.15) is 31.7 Å². The lowest BCUT2D eigenvalue weighted by atomic mass is 9.93. The molecule has 1 aromatic carbocycles. The fraction of sp³-hybridized carbons (Fsp3) is 0.206. The van der Waals surface area contributed by atoms with Gasteiger partial charge in [-0.3, -0.25) is 10.1 Å². The molecule has 5 heterocycles. The molecule has 8 heteroatoms. The number of aromatic nitrogens is 5. The predicted molar refractivity (Wildman–Crippen MR) is 169 cm³/mol. The lowest BCUT2D eigenvalue weighted by Crippen LogP contribution is -2.28. The van der Waals surface area contributed by atoms with E-state index in [1.807, 2.05) is 55.7 Å². The zero-order chi connectivity index (χ0) is 29.1. The van der Waals surface area contributed by atoms with E-state index in [1.165, 1.54) is 25.0 Å². The number of halogens is 1. The van der Waals surface area contributed by atoms with Crippen LogP contribution in [0, 0.1) is 11.7 Å². The molecule has 42 heavy (non-hydrogen) atoms. The second-order valence-corrected chi connectivity index (χ2v) is 10.8. The summed E-state index contributed by atoms with van der Waals surface area (Å²) in [6, 6.07) is 12.5. The number of benzene rings is 1. The maximum absolute atomic E-state index is 14.0. The Morgan fingerprint density at radius 1 is 1.12 bits per heavy atom. The molecule has 7 nitrogen and oxygen atoms in total. The maximum atomic E-state index is 14.0. The summed E-state index contributed by atoms with van der Waals surface area (Å²) < 4.78 is 14.0. The number of hydrogen-bond acceptors (Lipinski definition) is 5. The minimum atomic E-state index is -0.279. The van der Waals surface area contributed by atoms with Gasteiger partial charge >= 0.3 is 0 Å². The van der Waals surface area contributed by atoms with E-state index in [1.54, 1.807) is 12.3 Å². The SMILES string of the molecule is C=C(CC1CCNCC1)Nc1cncc(C(=C)/C=c2/c(-c3cc4c(-c5cccc(F)c5)ccnc4[nH]3)n[nH]/c2=C/C)c1. The lowest BCUT2D eigenvalue weighted by molar-refractivity contribution is 0.373. The second-order valence-electron chi connectivity index (χ2n) is 10.8. The molecule has 5 aromatic rings. The van der Waals surface area contributed by atoms with Crippen molar-refractivity contribution in [1.29, 1.82) is 0 Å². The highest BCUT2D eigenvalue weighted by molar-refractivity contribution is 5.96. The first-order valence-corrected chi connectivity index (χ1v) is 14.2. The fourth-order valence-corrected chi connectivity index (χ4v) is 5.63. The number of nitrogens with zero attached hydrogens (tertiary/aromatic N) is 3. The maximum Gasteiger partial charge on any atom is 0.138 e. The minimum absolute atomic E-state index is 0.279. The van der Waals surface area contributed by atoms with Crippen molar-refractivity contribution in [3.63, 3.8) is 0 Å². The van der Waals surface area contributed by atoms with Crippen molar-refractivity contribution in [3.05, 3.63) is 102 Å². The van der Waals surface area contributed by atoms with Crippen LogP contribution in [0.15, 0.2) is 79.9 Å². The highest BCUT2D eigenvalue weighted by atomic mass is 19.1. The van der Waals surface area contributed by atoms with Crippen molar-refractivity contribution in [2.75, 3.05) is 18.4 Å². The molecule has 0 spiro atoms. The van der Waals surface area contributed by atoms with Crippen molar-refractivity contribution >= 4 is 34.4 Å². The molecule has 1 aliphatic rings. The molecule has 4 aromatic heterocycles. The van der Waals surface area contributed by atoms with Gasteiger partial charge in [0.25, 0.3) is 0 Å². The molecule has 0 saturated carbocycles. The van der Waals surface area contributed by atoms with Gasteiger partial charge < -0.3 is 15.6 Å². The Morgan fingerprint density at radius 3 is 2.79 bits per heavy atom. The summed E-state index contributed by atoms with van der Waals surface area (Å²) >= 11 is 0. The van der Waals surface area contributed by atoms with Crippen molar-refractivity contribution in [2.45, 2.75) is 26.2 Å². The number of allylic oxidation sites excluding steroid dienone is 2. The highest BCUT2D eigenvalue weighted by Gasteiger charge is 2.15. The summed E-state index contributed by atoms with van der Waals surface area (Å²) in [4.78, 5) is 12.4. The van der Waals surface area contributed by atoms with E-state index in [0.717, 1.165) is 80.5 Å². The van der Waals surface area contributed by atoms with Crippen LogP contribution in [0.25, 0.3) is 51.3 Å². The Kier molecular flexibility index (Phi) is 7.79. The molecule has 0 aliphatic carbocycles. The van der Waals surface area contributed by atoms with Crippen LogP contribution in [0.3, 0.4) is 0 Å². The van der Waals surface area contributed by atoms with E-state index in [-0.39, 0.29) is 5.82 Å². The Bertz CT molecular complexity index is 1890. The van der Waals surface area contributed by atoms with Gasteiger partial charge in [0.2, 0.25) is 0 Å². The number of fused-ring (bicyclic) bond motifs is 1. The van der Waals surface area contributed by atoms with E-state index in [4.69, 9.17) is 0 Å². The monoisotopic (exact) mass is 559 g/mol. The Labute approximate surface area is 244 Å². The first kappa shape index (κ1) is 27.4. The fourth-order valence-electron chi connectivity index (χ4n) is 5.63. The van der Waals surface area contributed by atoms with Gasteiger partial charge in [-0.1, -0.05) is 31.4 Å². The molecule has 0 atom stereocenters. The molecule has 1 saturated heterocycles. The van der Waals surface area contributed by atoms with Crippen LogP contribution in [0.5, 0.6) is 0 Å². The third-order valence-electron chi connectivity index (χ3n) is 7.79. The summed E-state index contributed by atoms with van der Waals surface area (Å²) in [5.74, 6) is 0.373. The highest BCUT2D eigenvalue weighted by Crippen LogP contribution is 2.30. The lowest BCUT2D eigenvalue weighted by Gasteiger charge is -2.23. The zero-order valence-corrected chi connectivity index (χ0v) is 23.7. The Hall–Kier alpha value is -4.82. The minimum Gasteiger partial charge on any atom is -0.358 e. The number of anilines is 1. The molecule has 4 N–H and O–H groups in total. The summed E-state index contributed by atoms with van der Waals surface area (Å²) in [5.41, 5.74) is 7.52. The number of H-pyrrole nitrogens is 2. The largest absolute Gasteiger partial charge is 0.358 e. The molecule has 212 valence electrons. The molecule has 0 amide bonds. The number of nitrogens with one attached hydrogen (secondary N) is 4. The number of rotatable bonds is 8. The van der Waals surface area contributed by atoms with Gasteiger partial charge in [-0.25, -0.2) is 9.37 Å². The van der Waals surface area contributed by atoms with Crippen LogP contribution >= 0.6 is 0 Å². The third-order valence-corrected chi connectivity index (χ3v) is 7.79. The van der Waals surface area contributed by atoms with E-state index < -0.39 is 0 Å². The summed E-state index contributed by atoms with van der Waals surface area (Å²) in [6.07, 6.45) is 12.6. The molecular formula is C34H34FN7. The average Bonchev–Trinajstić information content (AvgIpc) is 3.61. The van der Waals surface area contributed by atoms with Crippen LogP contribution in [0.4, 0.5) is 10.1 Å². The molecule has 0 bridgehead atoms. The van der Waals surface area contributed by atoms with Crippen molar-refractivity contribution in [3.8, 4) is 22.5 Å². The summed E-state index contributed by atoms with van der Waals surface area (Å²) in [5, 5.41) is 17.3. The third kappa shape index (κ3) is 5.80. The molecular weight excluding hydrogens is 525 g/mol. The first-order valence-electron chi connectivity index (χ1n) is 14.2.